The molecule has 1 saturated heterocycles. The lowest BCUT2D eigenvalue weighted by Crippen LogP contribution is -2.38. The van der Waals surface area contributed by atoms with Gasteiger partial charge in [0, 0.05) is 19.3 Å². The van der Waals surface area contributed by atoms with Gasteiger partial charge in [0.05, 0.1) is 12.6 Å². The minimum atomic E-state index is 0.00692. The molecule has 4 heteroatoms. The first kappa shape index (κ1) is 12.2. The molecule has 0 unspecified atom stereocenters. The highest BCUT2D eigenvalue weighted by Gasteiger charge is 2.29. The Balaban J connectivity index is 2.15. The number of hydrogen-bond donors (Lipinski definition) is 1. The molecule has 2 heterocycles. The Labute approximate surface area is 102 Å². The van der Waals surface area contributed by atoms with Crippen LogP contribution in [0.4, 0.5) is 0 Å². The largest absolute Gasteiger partial charge is 0.394 e. The van der Waals surface area contributed by atoms with Gasteiger partial charge in [-0.15, -0.1) is 0 Å². The van der Waals surface area contributed by atoms with E-state index in [0.717, 1.165) is 38.0 Å². The predicted octanol–water partition coefficient (Wildman–Crippen LogP) is 1.49. The van der Waals surface area contributed by atoms with Crippen LogP contribution in [0.25, 0.3) is 0 Å². The molecule has 1 amide bonds. The first-order chi connectivity index (χ1) is 8.27. The Bertz CT molecular complexity index is 387. The third-order valence-electron chi connectivity index (χ3n) is 3.36. The van der Waals surface area contributed by atoms with E-state index in [-0.39, 0.29) is 18.6 Å². The Kier molecular flexibility index (Phi) is 3.84. The van der Waals surface area contributed by atoms with E-state index in [2.05, 4.69) is 6.92 Å². The van der Waals surface area contributed by atoms with Crippen LogP contribution in [0.5, 0.6) is 0 Å². The van der Waals surface area contributed by atoms with Gasteiger partial charge < -0.3 is 14.6 Å². The summed E-state index contributed by atoms with van der Waals surface area (Å²) in [6.45, 7) is 3.80. The average molecular weight is 236 g/mol. The van der Waals surface area contributed by atoms with Crippen molar-refractivity contribution in [2.45, 2.75) is 38.8 Å². The lowest BCUT2D eigenvalue weighted by Gasteiger charge is -2.23. The van der Waals surface area contributed by atoms with Gasteiger partial charge in [0.25, 0.3) is 5.91 Å². The summed E-state index contributed by atoms with van der Waals surface area (Å²) in [6.07, 6.45) is 4.86. The van der Waals surface area contributed by atoms with E-state index in [1.54, 1.807) is 0 Å². The molecule has 4 nitrogen and oxygen atoms in total. The van der Waals surface area contributed by atoms with Crippen LogP contribution in [0.15, 0.2) is 18.3 Å². The van der Waals surface area contributed by atoms with Crippen LogP contribution < -0.4 is 0 Å². The second-order valence-corrected chi connectivity index (χ2v) is 4.56. The molecular weight excluding hydrogens is 216 g/mol. The van der Waals surface area contributed by atoms with Crippen molar-refractivity contribution < 1.29 is 9.90 Å². The van der Waals surface area contributed by atoms with Crippen LogP contribution in [0.1, 0.15) is 36.7 Å². The van der Waals surface area contributed by atoms with E-state index < -0.39 is 0 Å². The van der Waals surface area contributed by atoms with Crippen molar-refractivity contribution in [2.24, 2.45) is 0 Å². The fraction of sp³-hybridized carbons (Fsp3) is 0.615. The van der Waals surface area contributed by atoms with Gasteiger partial charge in [0.15, 0.2) is 0 Å². The summed E-state index contributed by atoms with van der Waals surface area (Å²) in [6, 6.07) is 3.78. The van der Waals surface area contributed by atoms with E-state index in [1.165, 1.54) is 0 Å². The number of nitrogens with zero attached hydrogens (tertiary/aromatic N) is 2. The van der Waals surface area contributed by atoms with Crippen molar-refractivity contribution >= 4 is 5.91 Å². The molecule has 2 rings (SSSR count). The van der Waals surface area contributed by atoms with E-state index in [0.29, 0.717) is 0 Å². The fourth-order valence-electron chi connectivity index (χ4n) is 2.48. The van der Waals surface area contributed by atoms with Gasteiger partial charge in [-0.3, -0.25) is 4.79 Å². The average Bonchev–Trinajstić information content (AvgIpc) is 2.96. The molecule has 0 spiro atoms. The molecule has 1 atom stereocenters. The molecule has 17 heavy (non-hydrogen) atoms. The van der Waals surface area contributed by atoms with Crippen LogP contribution in [0.3, 0.4) is 0 Å². The van der Waals surface area contributed by atoms with Gasteiger partial charge in [-0.2, -0.15) is 0 Å². The fourth-order valence-corrected chi connectivity index (χ4v) is 2.48. The highest BCUT2D eigenvalue weighted by atomic mass is 16.3. The summed E-state index contributed by atoms with van der Waals surface area (Å²) < 4.78 is 2.00. The molecule has 94 valence electrons. The maximum atomic E-state index is 12.4. The van der Waals surface area contributed by atoms with E-state index in [4.69, 9.17) is 0 Å². The topological polar surface area (TPSA) is 45.5 Å². The van der Waals surface area contributed by atoms with Gasteiger partial charge in [-0.25, -0.2) is 0 Å². The maximum absolute atomic E-state index is 12.4. The van der Waals surface area contributed by atoms with Crippen molar-refractivity contribution in [3.05, 3.63) is 24.0 Å². The number of amides is 1. The van der Waals surface area contributed by atoms with Crippen LogP contribution >= 0.6 is 0 Å². The summed E-state index contributed by atoms with van der Waals surface area (Å²) in [4.78, 5) is 14.2. The Morgan fingerprint density at radius 2 is 2.41 bits per heavy atom. The number of likely N-dealkylation sites (tertiary alicyclic amines) is 1. The van der Waals surface area contributed by atoms with Crippen molar-refractivity contribution in [3.8, 4) is 0 Å². The molecular formula is C13H20N2O2. The SMILES string of the molecule is CCCn1cccc1C(=O)N1CCC[C@@H]1CO. The zero-order valence-electron chi connectivity index (χ0n) is 10.3. The second-order valence-electron chi connectivity index (χ2n) is 4.56. The number of aliphatic hydroxyl groups is 1. The van der Waals surface area contributed by atoms with Gasteiger partial charge in [0.2, 0.25) is 0 Å². The third-order valence-corrected chi connectivity index (χ3v) is 3.36. The number of hydrogen-bond acceptors (Lipinski definition) is 2. The van der Waals surface area contributed by atoms with Crippen LogP contribution in [-0.4, -0.2) is 39.7 Å². The Hall–Kier alpha value is -1.29. The first-order valence-corrected chi connectivity index (χ1v) is 6.35. The second kappa shape index (κ2) is 5.36. The standard InChI is InChI=1S/C13H20N2O2/c1-2-7-14-8-4-6-12(14)13(17)15-9-3-5-11(15)10-16/h4,6,8,11,16H,2-3,5,7,9-10H2,1H3/t11-/m1/s1. The minimum absolute atomic E-state index is 0.00692. The van der Waals surface area contributed by atoms with Crippen molar-refractivity contribution in [3.63, 3.8) is 0 Å². The Morgan fingerprint density at radius 1 is 1.59 bits per heavy atom. The molecule has 1 aliphatic heterocycles. The summed E-state index contributed by atoms with van der Waals surface area (Å²) in [5, 5.41) is 9.25. The zero-order valence-corrected chi connectivity index (χ0v) is 10.3. The van der Waals surface area contributed by atoms with Crippen LogP contribution in [-0.2, 0) is 6.54 Å². The summed E-state index contributed by atoms with van der Waals surface area (Å²) in [7, 11) is 0. The van der Waals surface area contributed by atoms with Gasteiger partial charge in [-0.1, -0.05) is 6.92 Å². The van der Waals surface area contributed by atoms with E-state index in [9.17, 15) is 9.90 Å². The third kappa shape index (κ3) is 2.36. The lowest BCUT2D eigenvalue weighted by atomic mass is 10.2. The summed E-state index contributed by atoms with van der Waals surface area (Å²) >= 11 is 0. The molecule has 0 aliphatic carbocycles. The predicted molar refractivity (Wildman–Crippen MR) is 65.9 cm³/mol. The zero-order chi connectivity index (χ0) is 12.3. The Morgan fingerprint density at radius 3 is 3.12 bits per heavy atom. The summed E-state index contributed by atoms with van der Waals surface area (Å²) in [5.41, 5.74) is 0.743. The molecule has 0 saturated carbocycles. The molecule has 1 aromatic rings. The molecule has 1 aliphatic rings. The van der Waals surface area contributed by atoms with Crippen LogP contribution in [0.2, 0.25) is 0 Å². The number of rotatable bonds is 4. The van der Waals surface area contributed by atoms with Crippen molar-refractivity contribution in [1.29, 1.82) is 0 Å². The number of aliphatic hydroxyl groups excluding tert-OH is 1. The highest BCUT2D eigenvalue weighted by Crippen LogP contribution is 2.20. The van der Waals surface area contributed by atoms with Crippen molar-refractivity contribution in [2.75, 3.05) is 13.2 Å². The first-order valence-electron chi connectivity index (χ1n) is 6.35. The van der Waals surface area contributed by atoms with Gasteiger partial charge in [0.1, 0.15) is 5.69 Å². The van der Waals surface area contributed by atoms with E-state index in [1.807, 2.05) is 27.8 Å². The number of aryl methyl sites for hydroxylation is 1. The molecule has 0 bridgehead atoms. The lowest BCUT2D eigenvalue weighted by molar-refractivity contribution is 0.0666. The highest BCUT2D eigenvalue weighted by molar-refractivity contribution is 5.93. The van der Waals surface area contributed by atoms with E-state index >= 15 is 0 Å². The molecule has 0 aromatic carbocycles. The molecule has 1 N–H and O–H groups in total. The summed E-state index contributed by atoms with van der Waals surface area (Å²) in [5.74, 6) is 0.0556. The normalized spacial score (nSPS) is 19.9. The van der Waals surface area contributed by atoms with Gasteiger partial charge >= 0.3 is 0 Å². The minimum Gasteiger partial charge on any atom is -0.394 e. The monoisotopic (exact) mass is 236 g/mol. The van der Waals surface area contributed by atoms with Crippen molar-refractivity contribution in [1.82, 2.24) is 9.47 Å². The number of carbonyl (C=O) groups is 1. The van der Waals surface area contributed by atoms with Crippen LogP contribution in [0, 0.1) is 0 Å². The number of aromatic nitrogens is 1. The molecule has 0 radical (unpaired) electrons. The quantitative estimate of drug-likeness (QED) is 0.861. The van der Waals surface area contributed by atoms with Gasteiger partial charge in [-0.05, 0) is 31.4 Å². The number of carbonyl (C=O) groups excluding carboxylic acids is 1. The smallest absolute Gasteiger partial charge is 0.270 e. The molecule has 1 fully saturated rings. The molecule has 1 aromatic heterocycles. The maximum Gasteiger partial charge on any atom is 0.270 e.